The molecule has 0 fully saturated rings. The largest absolute Gasteiger partial charge is 0.433 e. The van der Waals surface area contributed by atoms with Crippen molar-refractivity contribution in [3.05, 3.63) is 53.3 Å². The smallest absolute Gasteiger partial charge is 0.398 e. The van der Waals surface area contributed by atoms with Gasteiger partial charge in [0.25, 0.3) is 0 Å². The second-order valence-corrected chi connectivity index (χ2v) is 4.81. The Labute approximate surface area is 125 Å². The maximum absolute atomic E-state index is 12.6. The number of anilines is 2. The molecular weight excluding hydrogens is 295 g/mol. The van der Waals surface area contributed by atoms with Crippen LogP contribution in [0, 0.1) is 6.92 Å². The summed E-state index contributed by atoms with van der Waals surface area (Å²) in [6.45, 7) is 1.83. The monoisotopic (exact) mass is 309 g/mol. The predicted octanol–water partition coefficient (Wildman–Crippen LogP) is 3.17. The van der Waals surface area contributed by atoms with Gasteiger partial charge in [-0.15, -0.1) is 0 Å². The molecule has 0 bridgehead atoms. The number of nitrogens with two attached hydrogens (primary N) is 1. The lowest BCUT2D eigenvalue weighted by molar-refractivity contribution is -0.141. The Hall–Kier alpha value is -2.57. The van der Waals surface area contributed by atoms with Gasteiger partial charge in [0.2, 0.25) is 5.91 Å². The van der Waals surface area contributed by atoms with Crippen molar-refractivity contribution in [1.29, 1.82) is 0 Å². The normalized spacial score (nSPS) is 11.3. The third kappa shape index (κ3) is 3.97. The molecule has 2 aromatic rings. The summed E-state index contributed by atoms with van der Waals surface area (Å²) >= 11 is 0. The minimum absolute atomic E-state index is 0.0485. The molecule has 0 aliphatic heterocycles. The summed E-state index contributed by atoms with van der Waals surface area (Å²) in [6, 6.07) is 8.46. The van der Waals surface area contributed by atoms with Crippen LogP contribution in [0.5, 0.6) is 0 Å². The molecule has 1 heterocycles. The van der Waals surface area contributed by atoms with Crippen molar-refractivity contribution < 1.29 is 18.0 Å². The summed E-state index contributed by atoms with van der Waals surface area (Å²) < 4.78 is 37.7. The molecule has 0 unspecified atom stereocenters. The summed E-state index contributed by atoms with van der Waals surface area (Å²) in [5, 5.41) is 2.58. The van der Waals surface area contributed by atoms with Gasteiger partial charge < -0.3 is 11.1 Å². The molecule has 0 radical (unpaired) electrons. The molecule has 2 rings (SSSR count). The minimum atomic E-state index is -4.53. The van der Waals surface area contributed by atoms with Gasteiger partial charge >= 0.3 is 6.18 Å². The van der Waals surface area contributed by atoms with E-state index in [1.165, 1.54) is 12.1 Å². The number of amides is 1. The van der Waals surface area contributed by atoms with Gasteiger partial charge in [-0.05, 0) is 36.8 Å². The van der Waals surface area contributed by atoms with E-state index in [0.29, 0.717) is 11.4 Å². The number of halogens is 3. The van der Waals surface area contributed by atoms with Gasteiger partial charge in [-0.2, -0.15) is 13.2 Å². The summed E-state index contributed by atoms with van der Waals surface area (Å²) in [5.74, 6) is -0.463. The Morgan fingerprint density at radius 1 is 1.27 bits per heavy atom. The van der Waals surface area contributed by atoms with Gasteiger partial charge in [-0.1, -0.05) is 12.1 Å². The number of carbonyl (C=O) groups excluding carboxylic acids is 1. The number of pyridine rings is 1. The Balaban J connectivity index is 2.07. The minimum Gasteiger partial charge on any atom is -0.398 e. The SMILES string of the molecule is Cc1ccc(NC(=O)Cc2cccc(C(F)(F)F)n2)cc1N. The third-order valence-corrected chi connectivity index (χ3v) is 3.00. The summed E-state index contributed by atoms with van der Waals surface area (Å²) in [5.41, 5.74) is 6.64. The first-order valence-electron chi connectivity index (χ1n) is 6.45. The number of alkyl halides is 3. The molecule has 0 atom stereocenters. The molecule has 0 saturated heterocycles. The van der Waals surface area contributed by atoms with Crippen LogP contribution in [-0.4, -0.2) is 10.9 Å². The number of rotatable bonds is 3. The molecule has 116 valence electrons. The van der Waals surface area contributed by atoms with Crippen LogP contribution in [0.2, 0.25) is 0 Å². The fraction of sp³-hybridized carbons (Fsp3) is 0.200. The van der Waals surface area contributed by atoms with Crippen LogP contribution in [0.3, 0.4) is 0 Å². The first kappa shape index (κ1) is 15.8. The fourth-order valence-corrected chi connectivity index (χ4v) is 1.82. The van der Waals surface area contributed by atoms with E-state index in [-0.39, 0.29) is 12.1 Å². The van der Waals surface area contributed by atoms with Crippen molar-refractivity contribution >= 4 is 17.3 Å². The zero-order chi connectivity index (χ0) is 16.3. The van der Waals surface area contributed by atoms with Gasteiger partial charge in [0, 0.05) is 11.4 Å². The molecule has 0 spiro atoms. The zero-order valence-corrected chi connectivity index (χ0v) is 11.7. The average Bonchev–Trinajstić information content (AvgIpc) is 2.42. The van der Waals surface area contributed by atoms with Crippen molar-refractivity contribution in [2.45, 2.75) is 19.5 Å². The molecule has 22 heavy (non-hydrogen) atoms. The number of nitrogens with one attached hydrogen (secondary N) is 1. The predicted molar refractivity (Wildman–Crippen MR) is 77.2 cm³/mol. The number of aromatic nitrogens is 1. The molecule has 1 aromatic carbocycles. The molecule has 1 amide bonds. The van der Waals surface area contributed by atoms with Gasteiger partial charge in [-0.3, -0.25) is 4.79 Å². The molecular formula is C15H14F3N3O. The fourth-order valence-electron chi connectivity index (χ4n) is 1.82. The molecule has 1 aromatic heterocycles. The van der Waals surface area contributed by atoms with E-state index in [4.69, 9.17) is 5.73 Å². The molecule has 0 aliphatic rings. The van der Waals surface area contributed by atoms with Crippen LogP contribution >= 0.6 is 0 Å². The highest BCUT2D eigenvalue weighted by Gasteiger charge is 2.32. The van der Waals surface area contributed by atoms with E-state index in [9.17, 15) is 18.0 Å². The van der Waals surface area contributed by atoms with E-state index >= 15 is 0 Å². The molecule has 3 N–H and O–H groups in total. The number of hydrogen-bond acceptors (Lipinski definition) is 3. The van der Waals surface area contributed by atoms with Crippen molar-refractivity contribution in [3.63, 3.8) is 0 Å². The number of carbonyl (C=O) groups is 1. The van der Waals surface area contributed by atoms with Crippen molar-refractivity contribution in [1.82, 2.24) is 4.98 Å². The number of nitrogens with zero attached hydrogens (tertiary/aromatic N) is 1. The van der Waals surface area contributed by atoms with Crippen molar-refractivity contribution in [2.24, 2.45) is 0 Å². The number of benzene rings is 1. The average molecular weight is 309 g/mol. The summed E-state index contributed by atoms with van der Waals surface area (Å²) in [7, 11) is 0. The second kappa shape index (κ2) is 6.05. The lowest BCUT2D eigenvalue weighted by atomic mass is 10.2. The highest BCUT2D eigenvalue weighted by molar-refractivity contribution is 5.92. The number of nitrogen functional groups attached to an aromatic ring is 1. The van der Waals surface area contributed by atoms with E-state index in [2.05, 4.69) is 10.3 Å². The van der Waals surface area contributed by atoms with Crippen LogP contribution in [0.15, 0.2) is 36.4 Å². The molecule has 4 nitrogen and oxygen atoms in total. The highest BCUT2D eigenvalue weighted by atomic mass is 19.4. The van der Waals surface area contributed by atoms with Crippen LogP contribution in [-0.2, 0) is 17.4 Å². The first-order chi connectivity index (χ1) is 10.3. The lowest BCUT2D eigenvalue weighted by Crippen LogP contribution is -2.17. The van der Waals surface area contributed by atoms with Gasteiger partial charge in [0.05, 0.1) is 12.1 Å². The Morgan fingerprint density at radius 3 is 2.64 bits per heavy atom. The van der Waals surface area contributed by atoms with E-state index in [1.807, 2.05) is 6.92 Å². The molecule has 0 saturated carbocycles. The van der Waals surface area contributed by atoms with Gasteiger partial charge in [-0.25, -0.2) is 4.98 Å². The van der Waals surface area contributed by atoms with Crippen LogP contribution in [0.1, 0.15) is 17.0 Å². The summed E-state index contributed by atoms with van der Waals surface area (Å²) in [6.07, 6.45) is -4.78. The van der Waals surface area contributed by atoms with E-state index in [1.54, 1.807) is 18.2 Å². The molecule has 7 heteroatoms. The van der Waals surface area contributed by atoms with Crippen LogP contribution in [0.25, 0.3) is 0 Å². The maximum Gasteiger partial charge on any atom is 0.433 e. The Morgan fingerprint density at radius 2 is 2.00 bits per heavy atom. The van der Waals surface area contributed by atoms with Crippen molar-refractivity contribution in [3.8, 4) is 0 Å². The molecule has 0 aliphatic carbocycles. The van der Waals surface area contributed by atoms with E-state index < -0.39 is 17.8 Å². The number of aryl methyl sites for hydroxylation is 1. The zero-order valence-electron chi connectivity index (χ0n) is 11.7. The Bertz CT molecular complexity index is 699. The second-order valence-electron chi connectivity index (χ2n) is 4.81. The Kier molecular flexibility index (Phi) is 4.35. The lowest BCUT2D eigenvalue weighted by Gasteiger charge is -2.09. The summed E-state index contributed by atoms with van der Waals surface area (Å²) in [4.78, 5) is 15.3. The third-order valence-electron chi connectivity index (χ3n) is 3.00. The van der Waals surface area contributed by atoms with Crippen molar-refractivity contribution in [2.75, 3.05) is 11.1 Å². The van der Waals surface area contributed by atoms with Gasteiger partial charge in [0.15, 0.2) is 0 Å². The highest BCUT2D eigenvalue weighted by Crippen LogP contribution is 2.27. The first-order valence-corrected chi connectivity index (χ1v) is 6.45. The topological polar surface area (TPSA) is 68.0 Å². The quantitative estimate of drug-likeness (QED) is 0.856. The van der Waals surface area contributed by atoms with E-state index in [0.717, 1.165) is 11.6 Å². The standard InChI is InChI=1S/C15H14F3N3O/c1-9-5-6-11(7-12(9)19)21-14(22)8-10-3-2-4-13(20-10)15(16,17)18/h2-7H,8,19H2,1H3,(H,21,22). The van der Waals surface area contributed by atoms with Gasteiger partial charge in [0.1, 0.15) is 5.69 Å². The maximum atomic E-state index is 12.6. The van der Waals surface area contributed by atoms with Crippen LogP contribution < -0.4 is 11.1 Å². The van der Waals surface area contributed by atoms with Crippen LogP contribution in [0.4, 0.5) is 24.5 Å². The number of hydrogen-bond donors (Lipinski definition) is 2.